The fraction of sp³-hybridized carbons (Fsp3) is 0.263. The van der Waals surface area contributed by atoms with E-state index in [1.165, 1.54) is 11.8 Å². The molecule has 0 spiro atoms. The number of phenolic OH excluding ortho intramolecular Hbond substituents is 1. The molecule has 0 heterocycles. The predicted molar refractivity (Wildman–Crippen MR) is 102 cm³/mol. The van der Waals surface area contributed by atoms with Crippen LogP contribution in [0.1, 0.15) is 30.9 Å². The third-order valence-corrected chi connectivity index (χ3v) is 4.10. The lowest BCUT2D eigenvalue weighted by Gasteiger charge is -2.09. The minimum absolute atomic E-state index is 0.158. The second-order valence-electron chi connectivity index (χ2n) is 5.46. The molecule has 6 heteroatoms. The van der Waals surface area contributed by atoms with E-state index in [1.807, 2.05) is 18.2 Å². The number of halogens is 1. The number of hydrazone groups is 1. The second-order valence-corrected chi connectivity index (χ2v) is 6.31. The Morgan fingerprint density at radius 3 is 2.88 bits per heavy atom. The molecular weight excluding hydrogens is 384 g/mol. The van der Waals surface area contributed by atoms with E-state index in [0.717, 1.165) is 16.6 Å². The molecule has 0 bridgehead atoms. The number of hydrogen-bond donors (Lipinski definition) is 2. The largest absolute Gasteiger partial charge is 0.508 e. The summed E-state index contributed by atoms with van der Waals surface area (Å²) in [5.41, 5.74) is 4.41. The van der Waals surface area contributed by atoms with Crippen molar-refractivity contribution in [3.63, 3.8) is 0 Å². The summed E-state index contributed by atoms with van der Waals surface area (Å²) >= 11 is 3.49. The van der Waals surface area contributed by atoms with Crippen LogP contribution in [0.4, 0.5) is 0 Å². The van der Waals surface area contributed by atoms with E-state index in [4.69, 9.17) is 4.74 Å². The van der Waals surface area contributed by atoms with Gasteiger partial charge in [-0.2, -0.15) is 5.10 Å². The summed E-state index contributed by atoms with van der Waals surface area (Å²) in [7, 11) is 0. The van der Waals surface area contributed by atoms with Crippen LogP contribution >= 0.6 is 15.9 Å². The van der Waals surface area contributed by atoms with Gasteiger partial charge in [-0.05, 0) is 64.2 Å². The van der Waals surface area contributed by atoms with Crippen LogP contribution in [0.15, 0.2) is 52.0 Å². The number of phenols is 1. The molecule has 0 fully saturated rings. The van der Waals surface area contributed by atoms with E-state index in [9.17, 15) is 9.90 Å². The number of amides is 1. The van der Waals surface area contributed by atoms with Crippen molar-refractivity contribution in [3.05, 3.63) is 58.1 Å². The Morgan fingerprint density at radius 2 is 2.16 bits per heavy atom. The Bertz CT molecular complexity index is 747. The van der Waals surface area contributed by atoms with Gasteiger partial charge in [0.25, 0.3) is 0 Å². The number of aryl methyl sites for hydroxylation is 1. The number of benzene rings is 2. The molecule has 25 heavy (non-hydrogen) atoms. The lowest BCUT2D eigenvalue weighted by atomic mass is 10.2. The maximum atomic E-state index is 11.7. The van der Waals surface area contributed by atoms with E-state index < -0.39 is 0 Å². The van der Waals surface area contributed by atoms with Gasteiger partial charge < -0.3 is 9.84 Å². The van der Waals surface area contributed by atoms with Crippen LogP contribution in [0.3, 0.4) is 0 Å². The number of carbonyl (C=O) groups excluding carboxylic acids is 1. The molecule has 0 saturated carbocycles. The zero-order valence-corrected chi connectivity index (χ0v) is 15.6. The Labute approximate surface area is 155 Å². The lowest BCUT2D eigenvalue weighted by Crippen LogP contribution is -2.18. The molecule has 2 rings (SSSR count). The number of nitrogens with one attached hydrogen (secondary N) is 1. The van der Waals surface area contributed by atoms with Crippen LogP contribution in [0.25, 0.3) is 0 Å². The van der Waals surface area contributed by atoms with E-state index >= 15 is 0 Å². The van der Waals surface area contributed by atoms with Gasteiger partial charge in [0.1, 0.15) is 11.5 Å². The van der Waals surface area contributed by atoms with Gasteiger partial charge in [0.05, 0.1) is 17.3 Å². The molecule has 2 N–H and O–H groups in total. The SMILES string of the molecule is CCc1ccc(OCCCC(=O)N/N=C/c2cccc(O)c2)c(Br)c1. The average molecular weight is 405 g/mol. The van der Waals surface area contributed by atoms with Gasteiger partial charge in [0, 0.05) is 6.42 Å². The summed E-state index contributed by atoms with van der Waals surface area (Å²) in [4.78, 5) is 11.7. The summed E-state index contributed by atoms with van der Waals surface area (Å²) in [5.74, 6) is 0.755. The van der Waals surface area contributed by atoms with Crippen molar-refractivity contribution < 1.29 is 14.6 Å². The first-order valence-corrected chi connectivity index (χ1v) is 8.90. The maximum Gasteiger partial charge on any atom is 0.240 e. The fourth-order valence-electron chi connectivity index (χ4n) is 2.14. The standard InChI is InChI=1S/C19H21BrN2O3/c1-2-14-8-9-18(17(20)12-14)25-10-4-7-19(24)22-21-13-15-5-3-6-16(23)11-15/h3,5-6,8-9,11-13,23H,2,4,7,10H2,1H3,(H,22,24)/b21-13+. The highest BCUT2D eigenvalue weighted by Gasteiger charge is 2.04. The van der Waals surface area contributed by atoms with E-state index in [-0.39, 0.29) is 11.7 Å². The summed E-state index contributed by atoms with van der Waals surface area (Å²) in [6.07, 6.45) is 3.38. The highest BCUT2D eigenvalue weighted by Crippen LogP contribution is 2.26. The minimum atomic E-state index is -0.180. The Balaban J connectivity index is 1.68. The van der Waals surface area contributed by atoms with Crippen LogP contribution in [0.2, 0.25) is 0 Å². The summed E-state index contributed by atoms with van der Waals surface area (Å²) in [5, 5.41) is 13.2. The third kappa shape index (κ3) is 6.58. The predicted octanol–water partition coefficient (Wildman–Crippen LogP) is 4.03. The molecule has 0 radical (unpaired) electrons. The third-order valence-electron chi connectivity index (χ3n) is 3.48. The summed E-state index contributed by atoms with van der Waals surface area (Å²) < 4.78 is 6.60. The van der Waals surface area contributed by atoms with E-state index in [1.54, 1.807) is 24.3 Å². The van der Waals surface area contributed by atoms with Gasteiger partial charge >= 0.3 is 0 Å². The number of carbonyl (C=O) groups is 1. The zero-order chi connectivity index (χ0) is 18.1. The molecule has 2 aromatic rings. The summed E-state index contributed by atoms with van der Waals surface area (Å²) in [6.45, 7) is 2.55. The Morgan fingerprint density at radius 1 is 1.32 bits per heavy atom. The van der Waals surface area contributed by atoms with E-state index in [0.29, 0.717) is 25.0 Å². The van der Waals surface area contributed by atoms with Crippen molar-refractivity contribution in [1.82, 2.24) is 5.43 Å². The van der Waals surface area contributed by atoms with Crippen molar-refractivity contribution in [2.24, 2.45) is 5.10 Å². The van der Waals surface area contributed by atoms with Gasteiger partial charge in [0.15, 0.2) is 0 Å². The highest BCUT2D eigenvalue weighted by molar-refractivity contribution is 9.10. The van der Waals surface area contributed by atoms with Crippen molar-refractivity contribution in [2.75, 3.05) is 6.61 Å². The fourth-order valence-corrected chi connectivity index (χ4v) is 2.68. The lowest BCUT2D eigenvalue weighted by molar-refractivity contribution is -0.121. The van der Waals surface area contributed by atoms with Crippen LogP contribution in [-0.4, -0.2) is 23.8 Å². The molecule has 0 atom stereocenters. The van der Waals surface area contributed by atoms with Gasteiger partial charge in [-0.25, -0.2) is 5.43 Å². The number of aromatic hydroxyl groups is 1. The molecule has 0 saturated heterocycles. The van der Waals surface area contributed by atoms with Crippen LogP contribution in [0.5, 0.6) is 11.5 Å². The van der Waals surface area contributed by atoms with Crippen LogP contribution in [0, 0.1) is 0 Å². The molecule has 0 unspecified atom stereocenters. The van der Waals surface area contributed by atoms with Gasteiger partial charge in [-0.1, -0.05) is 25.1 Å². The number of rotatable bonds is 8. The van der Waals surface area contributed by atoms with Gasteiger partial charge in [-0.15, -0.1) is 0 Å². The molecule has 2 aromatic carbocycles. The normalized spacial score (nSPS) is 10.8. The smallest absolute Gasteiger partial charge is 0.240 e. The first-order valence-electron chi connectivity index (χ1n) is 8.10. The highest BCUT2D eigenvalue weighted by atomic mass is 79.9. The first-order chi connectivity index (χ1) is 12.1. The Hall–Kier alpha value is -2.34. The molecule has 0 aromatic heterocycles. The number of hydrogen-bond acceptors (Lipinski definition) is 4. The van der Waals surface area contributed by atoms with Crippen molar-refractivity contribution in [3.8, 4) is 11.5 Å². The van der Waals surface area contributed by atoms with Crippen molar-refractivity contribution in [1.29, 1.82) is 0 Å². The number of ether oxygens (including phenoxy) is 1. The van der Waals surface area contributed by atoms with Crippen molar-refractivity contribution in [2.45, 2.75) is 26.2 Å². The molecule has 132 valence electrons. The summed E-state index contributed by atoms with van der Waals surface area (Å²) in [6, 6.07) is 12.6. The van der Waals surface area contributed by atoms with Crippen molar-refractivity contribution >= 4 is 28.1 Å². The van der Waals surface area contributed by atoms with Gasteiger partial charge in [-0.3, -0.25) is 4.79 Å². The molecule has 5 nitrogen and oxygen atoms in total. The van der Waals surface area contributed by atoms with Crippen LogP contribution < -0.4 is 10.2 Å². The monoisotopic (exact) mass is 404 g/mol. The topological polar surface area (TPSA) is 70.9 Å². The average Bonchev–Trinajstić information content (AvgIpc) is 2.60. The van der Waals surface area contributed by atoms with E-state index in [2.05, 4.69) is 33.4 Å². The molecule has 0 aliphatic rings. The molecule has 0 aliphatic heterocycles. The Kier molecular flexibility index (Phi) is 7.47. The quantitative estimate of drug-likeness (QED) is 0.396. The maximum absolute atomic E-state index is 11.7. The number of nitrogens with zero attached hydrogens (tertiary/aromatic N) is 1. The zero-order valence-electron chi connectivity index (χ0n) is 14.0. The second kappa shape index (κ2) is 9.84. The van der Waals surface area contributed by atoms with Crippen LogP contribution in [-0.2, 0) is 11.2 Å². The first kappa shape index (κ1) is 19.0. The molecule has 1 amide bonds. The van der Waals surface area contributed by atoms with Gasteiger partial charge in [0.2, 0.25) is 5.91 Å². The molecule has 0 aliphatic carbocycles. The minimum Gasteiger partial charge on any atom is -0.508 e. The molecular formula is C19H21BrN2O3.